The first-order chi connectivity index (χ1) is 16.7. The van der Waals surface area contributed by atoms with Crippen LogP contribution in [0.15, 0.2) is 54.9 Å². The highest BCUT2D eigenvalue weighted by Crippen LogP contribution is 2.47. The van der Waals surface area contributed by atoms with E-state index in [1.165, 1.54) is 0 Å². The van der Waals surface area contributed by atoms with E-state index in [1.807, 2.05) is 62.6 Å². The van der Waals surface area contributed by atoms with Crippen molar-refractivity contribution in [1.29, 1.82) is 5.26 Å². The fraction of sp³-hybridized carbons (Fsp3) is 0.464. The van der Waals surface area contributed by atoms with E-state index < -0.39 is 11.2 Å². The van der Waals surface area contributed by atoms with Crippen LogP contribution in [0.3, 0.4) is 0 Å². The second-order valence-electron chi connectivity index (χ2n) is 11.1. The number of para-hydroxylation sites is 1. The first-order valence-electron chi connectivity index (χ1n) is 12.3. The van der Waals surface area contributed by atoms with E-state index in [1.54, 1.807) is 11.0 Å². The molecule has 1 aliphatic heterocycles. The average molecular weight is 473 g/mol. The van der Waals surface area contributed by atoms with Crippen LogP contribution >= 0.6 is 0 Å². The largest absolute Gasteiger partial charge is 0.486 e. The van der Waals surface area contributed by atoms with Crippen molar-refractivity contribution >= 4 is 17.1 Å². The van der Waals surface area contributed by atoms with Crippen LogP contribution in [-0.2, 0) is 11.3 Å². The molecule has 7 heteroatoms. The molecule has 3 aromatic rings. The van der Waals surface area contributed by atoms with E-state index in [9.17, 15) is 10.1 Å². The number of benzene rings is 2. The monoisotopic (exact) mass is 472 g/mol. The van der Waals surface area contributed by atoms with Crippen molar-refractivity contribution in [3.63, 3.8) is 0 Å². The maximum absolute atomic E-state index is 13.0. The number of carbonyl (C=O) groups is 1. The van der Waals surface area contributed by atoms with Gasteiger partial charge in [0.15, 0.2) is 0 Å². The van der Waals surface area contributed by atoms with Crippen LogP contribution in [0.2, 0.25) is 0 Å². The van der Waals surface area contributed by atoms with Gasteiger partial charge in [-0.15, -0.1) is 0 Å². The number of imidazole rings is 1. The van der Waals surface area contributed by atoms with Gasteiger partial charge in [0.2, 0.25) is 0 Å². The Balaban J connectivity index is 1.30. The molecule has 35 heavy (non-hydrogen) atoms. The van der Waals surface area contributed by atoms with Gasteiger partial charge in [-0.25, -0.2) is 9.78 Å². The normalized spacial score (nSPS) is 24.5. The number of rotatable bonds is 6. The molecule has 2 aromatic carbocycles. The summed E-state index contributed by atoms with van der Waals surface area (Å²) >= 11 is 0. The van der Waals surface area contributed by atoms with Crippen molar-refractivity contribution in [2.45, 2.75) is 64.2 Å². The molecule has 7 nitrogen and oxygen atoms in total. The third-order valence-corrected chi connectivity index (χ3v) is 7.21. The molecule has 1 saturated heterocycles. The van der Waals surface area contributed by atoms with E-state index in [2.05, 4.69) is 22.5 Å². The van der Waals surface area contributed by atoms with Crippen molar-refractivity contribution in [2.75, 3.05) is 13.1 Å². The molecule has 2 heterocycles. The molecule has 1 aromatic heterocycles. The lowest BCUT2D eigenvalue weighted by Gasteiger charge is -2.43. The summed E-state index contributed by atoms with van der Waals surface area (Å²) in [5, 5.41) is 9.31. The molecule has 5 rings (SSSR count). The maximum Gasteiger partial charge on any atom is 0.410 e. The lowest BCUT2D eigenvalue weighted by Crippen LogP contribution is -2.47. The molecule has 2 fully saturated rings. The molecular formula is C28H32N4O3. The molecule has 2 unspecified atom stereocenters. The lowest BCUT2D eigenvalue weighted by atomic mass is 9.68. The van der Waals surface area contributed by atoms with Gasteiger partial charge < -0.3 is 18.9 Å². The van der Waals surface area contributed by atoms with Crippen LogP contribution in [0.1, 0.15) is 52.0 Å². The number of aromatic nitrogens is 2. The van der Waals surface area contributed by atoms with Gasteiger partial charge in [0.1, 0.15) is 17.0 Å². The second kappa shape index (κ2) is 8.60. The molecule has 1 amide bonds. The summed E-state index contributed by atoms with van der Waals surface area (Å²) in [6.07, 6.45) is 5.30. The highest BCUT2D eigenvalue weighted by molar-refractivity contribution is 5.77. The van der Waals surface area contributed by atoms with Gasteiger partial charge in [0.25, 0.3) is 0 Å². The van der Waals surface area contributed by atoms with Gasteiger partial charge in [-0.05, 0) is 75.3 Å². The van der Waals surface area contributed by atoms with Gasteiger partial charge in [0.05, 0.1) is 42.1 Å². The molecular weight excluding hydrogens is 440 g/mol. The Morgan fingerprint density at radius 1 is 1.20 bits per heavy atom. The summed E-state index contributed by atoms with van der Waals surface area (Å²) in [6.45, 7) is 8.08. The maximum atomic E-state index is 13.0. The number of amides is 1. The predicted molar refractivity (Wildman–Crippen MR) is 133 cm³/mol. The number of hydrogen-bond donors (Lipinski definition) is 0. The molecule has 2 atom stereocenters. The Bertz CT molecular complexity index is 1280. The molecule has 0 N–H and O–H groups in total. The van der Waals surface area contributed by atoms with E-state index in [0.29, 0.717) is 18.7 Å². The van der Waals surface area contributed by atoms with Crippen molar-refractivity contribution in [3.05, 3.63) is 60.4 Å². The van der Waals surface area contributed by atoms with Crippen LogP contribution < -0.4 is 4.74 Å². The number of nitriles is 1. The van der Waals surface area contributed by atoms with E-state index >= 15 is 0 Å². The zero-order valence-corrected chi connectivity index (χ0v) is 20.7. The van der Waals surface area contributed by atoms with E-state index in [4.69, 9.17) is 9.47 Å². The highest BCUT2D eigenvalue weighted by atomic mass is 16.6. The van der Waals surface area contributed by atoms with Crippen LogP contribution in [0.4, 0.5) is 4.79 Å². The van der Waals surface area contributed by atoms with Crippen LogP contribution in [0.25, 0.3) is 11.0 Å². The Morgan fingerprint density at radius 2 is 2.00 bits per heavy atom. The molecule has 1 saturated carbocycles. The highest BCUT2D eigenvalue weighted by Gasteiger charge is 2.52. The Kier molecular flexibility index (Phi) is 5.71. The minimum absolute atomic E-state index is 0.0547. The van der Waals surface area contributed by atoms with Gasteiger partial charge in [-0.3, -0.25) is 0 Å². The summed E-state index contributed by atoms with van der Waals surface area (Å²) < 4.78 is 14.4. The average Bonchev–Trinajstić information content (AvgIpc) is 3.32. The third-order valence-electron chi connectivity index (χ3n) is 7.21. The fourth-order valence-corrected chi connectivity index (χ4v) is 5.93. The topological polar surface area (TPSA) is 80.4 Å². The number of ether oxygens (including phenoxy) is 2. The summed E-state index contributed by atoms with van der Waals surface area (Å²) in [6, 6.07) is 17.5. The molecule has 1 spiro atoms. The SMILES string of the molecule is CC1(Cn2cnc3ccc(C#N)cc32)CCCC2(CN(CC(C)(C)Oc3ccccc3)C(=O)O2)C1. The van der Waals surface area contributed by atoms with Crippen molar-refractivity contribution < 1.29 is 14.3 Å². The standard InChI is InChI=1S/C28H32N4O3/c1-26(2,34-22-8-5-4-6-9-22)17-31-19-28(35-25(31)33)13-7-12-27(3,16-28)18-32-20-30-23-11-10-21(15-29)14-24(23)32/h4-6,8-11,14,20H,7,12-13,16-19H2,1-3H3. The van der Waals surface area contributed by atoms with Crippen LogP contribution in [0, 0.1) is 16.7 Å². The summed E-state index contributed by atoms with van der Waals surface area (Å²) in [5.74, 6) is 0.789. The Hall–Kier alpha value is -3.53. The number of nitrogens with zero attached hydrogens (tertiary/aromatic N) is 4. The molecule has 1 aliphatic carbocycles. The van der Waals surface area contributed by atoms with Crippen molar-refractivity contribution in [1.82, 2.24) is 14.5 Å². The van der Waals surface area contributed by atoms with Crippen LogP contribution in [-0.4, -0.2) is 44.8 Å². The summed E-state index contributed by atoms with van der Waals surface area (Å²) in [5.41, 5.74) is 1.40. The van der Waals surface area contributed by atoms with E-state index in [-0.39, 0.29) is 11.5 Å². The van der Waals surface area contributed by atoms with Gasteiger partial charge in [0, 0.05) is 6.54 Å². The second-order valence-corrected chi connectivity index (χ2v) is 11.1. The fourth-order valence-electron chi connectivity index (χ4n) is 5.93. The minimum atomic E-state index is -0.544. The molecule has 182 valence electrons. The summed E-state index contributed by atoms with van der Waals surface area (Å²) in [7, 11) is 0. The summed E-state index contributed by atoms with van der Waals surface area (Å²) in [4.78, 5) is 19.3. The quantitative estimate of drug-likeness (QED) is 0.471. The Morgan fingerprint density at radius 3 is 2.77 bits per heavy atom. The predicted octanol–water partition coefficient (Wildman–Crippen LogP) is 5.54. The van der Waals surface area contributed by atoms with Gasteiger partial charge >= 0.3 is 6.09 Å². The molecule has 0 bridgehead atoms. The first kappa shape index (κ1) is 23.2. The van der Waals surface area contributed by atoms with Crippen molar-refractivity contribution in [2.24, 2.45) is 5.41 Å². The molecule has 2 aliphatic rings. The zero-order chi connectivity index (χ0) is 24.7. The third kappa shape index (κ3) is 4.84. The van der Waals surface area contributed by atoms with Crippen molar-refractivity contribution in [3.8, 4) is 11.8 Å². The number of hydrogen-bond acceptors (Lipinski definition) is 5. The van der Waals surface area contributed by atoms with E-state index in [0.717, 1.165) is 49.0 Å². The first-order valence-corrected chi connectivity index (χ1v) is 12.3. The zero-order valence-electron chi connectivity index (χ0n) is 20.7. The number of carbonyl (C=O) groups excluding carboxylic acids is 1. The lowest BCUT2D eigenvalue weighted by molar-refractivity contribution is -0.0271. The smallest absolute Gasteiger partial charge is 0.410 e. The van der Waals surface area contributed by atoms with Gasteiger partial charge in [-0.1, -0.05) is 25.1 Å². The Labute approximate surface area is 206 Å². The molecule has 0 radical (unpaired) electrons. The van der Waals surface area contributed by atoms with Gasteiger partial charge in [-0.2, -0.15) is 5.26 Å². The number of fused-ring (bicyclic) bond motifs is 1. The minimum Gasteiger partial charge on any atom is -0.486 e. The van der Waals surface area contributed by atoms with Crippen LogP contribution in [0.5, 0.6) is 5.75 Å².